The quantitative estimate of drug-likeness (QED) is 0.871. The van der Waals surface area contributed by atoms with Gasteiger partial charge in [-0.1, -0.05) is 33.6 Å². The molecule has 0 saturated carbocycles. The fraction of sp³-hybridized carbons (Fsp3) is 0.600. The summed E-state index contributed by atoms with van der Waals surface area (Å²) in [6.45, 7) is 10.1. The summed E-state index contributed by atoms with van der Waals surface area (Å²) in [6, 6.07) is 5.92. The number of morpholine rings is 1. The minimum Gasteiger partial charge on any atom is -0.379 e. The summed E-state index contributed by atoms with van der Waals surface area (Å²) in [4.78, 5) is 2.49. The lowest BCUT2D eigenvalue weighted by Crippen LogP contribution is -2.54. The summed E-state index contributed by atoms with van der Waals surface area (Å²) < 4.78 is 6.47. The Bertz CT molecular complexity index is 447. The van der Waals surface area contributed by atoms with Crippen molar-refractivity contribution in [2.24, 2.45) is 0 Å². The molecule has 20 heavy (non-hydrogen) atoms. The van der Waals surface area contributed by atoms with Gasteiger partial charge in [-0.3, -0.25) is 4.90 Å². The predicted molar refractivity (Wildman–Crippen MR) is 87.3 cm³/mol. The van der Waals surface area contributed by atoms with E-state index in [1.807, 2.05) is 12.1 Å². The zero-order valence-corrected chi connectivity index (χ0v) is 14.4. The van der Waals surface area contributed by atoms with Crippen molar-refractivity contribution in [1.29, 1.82) is 0 Å². The number of nitrogens with one attached hydrogen (secondary N) is 1. The number of hydrogen-bond acceptors (Lipinski definition) is 3. The van der Waals surface area contributed by atoms with Gasteiger partial charge in [0.15, 0.2) is 0 Å². The highest BCUT2D eigenvalue weighted by Crippen LogP contribution is 2.22. The molecule has 0 aliphatic carbocycles. The highest BCUT2D eigenvalue weighted by atomic mass is 79.9. The van der Waals surface area contributed by atoms with E-state index < -0.39 is 0 Å². The minimum absolute atomic E-state index is 0.142. The summed E-state index contributed by atoms with van der Waals surface area (Å²) in [5.41, 5.74) is 1.37. The topological polar surface area (TPSA) is 24.5 Å². The summed E-state index contributed by atoms with van der Waals surface area (Å²) >= 11 is 9.51. The second-order valence-corrected chi connectivity index (χ2v) is 7.04. The molecule has 0 bridgehead atoms. The zero-order valence-electron chi connectivity index (χ0n) is 12.1. The van der Waals surface area contributed by atoms with Crippen LogP contribution in [0.4, 0.5) is 0 Å². The van der Waals surface area contributed by atoms with Crippen LogP contribution in [0.25, 0.3) is 0 Å². The Balaban J connectivity index is 1.85. The lowest BCUT2D eigenvalue weighted by Gasteiger charge is -2.41. The Morgan fingerprint density at radius 3 is 2.70 bits per heavy atom. The van der Waals surface area contributed by atoms with Crippen LogP contribution in [0.3, 0.4) is 0 Å². The van der Waals surface area contributed by atoms with Gasteiger partial charge in [0, 0.05) is 41.2 Å². The van der Waals surface area contributed by atoms with E-state index in [2.05, 4.69) is 46.1 Å². The van der Waals surface area contributed by atoms with Gasteiger partial charge in [-0.25, -0.2) is 0 Å². The van der Waals surface area contributed by atoms with E-state index in [-0.39, 0.29) is 5.54 Å². The highest BCUT2D eigenvalue weighted by molar-refractivity contribution is 9.10. The Labute approximate surface area is 134 Å². The van der Waals surface area contributed by atoms with Crippen LogP contribution in [0.1, 0.15) is 19.4 Å². The molecule has 3 nitrogen and oxygen atoms in total. The molecule has 0 radical (unpaired) electrons. The number of ether oxygens (including phenoxy) is 1. The monoisotopic (exact) mass is 360 g/mol. The Hall–Kier alpha value is -0.130. The van der Waals surface area contributed by atoms with Crippen LogP contribution < -0.4 is 5.32 Å². The fourth-order valence-corrected chi connectivity index (χ4v) is 3.27. The fourth-order valence-electron chi connectivity index (χ4n) is 2.45. The zero-order chi connectivity index (χ0) is 14.6. The van der Waals surface area contributed by atoms with Crippen molar-refractivity contribution in [2.45, 2.75) is 25.9 Å². The van der Waals surface area contributed by atoms with Gasteiger partial charge < -0.3 is 10.1 Å². The highest BCUT2D eigenvalue weighted by Gasteiger charge is 2.27. The van der Waals surface area contributed by atoms with Gasteiger partial charge in [0.2, 0.25) is 0 Å². The van der Waals surface area contributed by atoms with Gasteiger partial charge in [-0.05, 0) is 31.5 Å². The summed E-state index contributed by atoms with van der Waals surface area (Å²) in [6.07, 6.45) is 0. The van der Waals surface area contributed by atoms with E-state index in [0.717, 1.165) is 48.9 Å². The molecule has 1 aliphatic heterocycles. The second kappa shape index (κ2) is 7.23. The first kappa shape index (κ1) is 16.2. The molecule has 112 valence electrons. The molecule has 1 heterocycles. The summed E-state index contributed by atoms with van der Waals surface area (Å²) in [5.74, 6) is 0. The largest absolute Gasteiger partial charge is 0.379 e. The molecular formula is C15H22BrClN2O. The normalized spacial score (nSPS) is 17.4. The van der Waals surface area contributed by atoms with Crippen LogP contribution >= 0.6 is 27.5 Å². The van der Waals surface area contributed by atoms with E-state index in [4.69, 9.17) is 16.3 Å². The number of halogens is 2. The molecular weight excluding hydrogens is 340 g/mol. The molecule has 1 aromatic carbocycles. The molecule has 1 N–H and O–H groups in total. The molecule has 1 aromatic rings. The minimum atomic E-state index is 0.142. The number of hydrogen-bond donors (Lipinski definition) is 1. The SMILES string of the molecule is CC(C)(CNCc1ccc(Cl)cc1Br)N1CCOCC1. The Kier molecular flexibility index (Phi) is 5.87. The smallest absolute Gasteiger partial charge is 0.0594 e. The van der Waals surface area contributed by atoms with Crippen molar-refractivity contribution in [3.8, 4) is 0 Å². The van der Waals surface area contributed by atoms with Gasteiger partial charge in [-0.15, -0.1) is 0 Å². The lowest BCUT2D eigenvalue weighted by molar-refractivity contribution is -0.00967. The average molecular weight is 362 g/mol. The molecule has 2 rings (SSSR count). The van der Waals surface area contributed by atoms with Crippen molar-refractivity contribution in [3.05, 3.63) is 33.3 Å². The van der Waals surface area contributed by atoms with Crippen LogP contribution in [0.2, 0.25) is 5.02 Å². The lowest BCUT2D eigenvalue weighted by atomic mass is 10.0. The van der Waals surface area contributed by atoms with E-state index in [9.17, 15) is 0 Å². The van der Waals surface area contributed by atoms with Gasteiger partial charge in [-0.2, -0.15) is 0 Å². The number of nitrogens with zero attached hydrogens (tertiary/aromatic N) is 1. The molecule has 1 saturated heterocycles. The van der Waals surface area contributed by atoms with Crippen molar-refractivity contribution >= 4 is 27.5 Å². The standard InChI is InChI=1S/C15H22BrClN2O/c1-15(2,19-5-7-20-8-6-19)11-18-10-12-3-4-13(17)9-14(12)16/h3-4,9,18H,5-8,10-11H2,1-2H3. The maximum Gasteiger partial charge on any atom is 0.0594 e. The summed E-state index contributed by atoms with van der Waals surface area (Å²) in [7, 11) is 0. The first-order valence-electron chi connectivity index (χ1n) is 6.96. The van der Waals surface area contributed by atoms with Crippen LogP contribution in [0.5, 0.6) is 0 Å². The third kappa shape index (κ3) is 4.43. The first-order valence-corrected chi connectivity index (χ1v) is 8.13. The molecule has 0 amide bonds. The van der Waals surface area contributed by atoms with Crippen LogP contribution in [-0.2, 0) is 11.3 Å². The van der Waals surface area contributed by atoms with E-state index in [0.29, 0.717) is 0 Å². The van der Waals surface area contributed by atoms with Crippen LogP contribution in [-0.4, -0.2) is 43.3 Å². The Morgan fingerprint density at radius 2 is 2.05 bits per heavy atom. The van der Waals surface area contributed by atoms with Crippen molar-refractivity contribution < 1.29 is 4.74 Å². The van der Waals surface area contributed by atoms with Crippen molar-refractivity contribution in [1.82, 2.24) is 10.2 Å². The Morgan fingerprint density at radius 1 is 1.35 bits per heavy atom. The maximum absolute atomic E-state index is 5.96. The maximum atomic E-state index is 5.96. The molecule has 0 spiro atoms. The number of benzene rings is 1. The van der Waals surface area contributed by atoms with E-state index in [1.54, 1.807) is 0 Å². The van der Waals surface area contributed by atoms with E-state index >= 15 is 0 Å². The second-order valence-electron chi connectivity index (χ2n) is 5.75. The molecule has 5 heteroatoms. The molecule has 0 atom stereocenters. The third-order valence-corrected chi connectivity index (χ3v) is 4.73. The van der Waals surface area contributed by atoms with Gasteiger partial charge >= 0.3 is 0 Å². The van der Waals surface area contributed by atoms with Gasteiger partial charge in [0.25, 0.3) is 0 Å². The molecule has 0 unspecified atom stereocenters. The van der Waals surface area contributed by atoms with E-state index in [1.165, 1.54) is 5.56 Å². The average Bonchev–Trinajstić information content (AvgIpc) is 2.42. The predicted octanol–water partition coefficient (Wildman–Crippen LogP) is 3.30. The molecule has 0 aromatic heterocycles. The van der Waals surface area contributed by atoms with Crippen LogP contribution in [0, 0.1) is 0 Å². The molecule has 1 aliphatic rings. The van der Waals surface area contributed by atoms with Crippen molar-refractivity contribution in [2.75, 3.05) is 32.8 Å². The molecule has 1 fully saturated rings. The van der Waals surface area contributed by atoms with Gasteiger partial charge in [0.1, 0.15) is 0 Å². The number of rotatable bonds is 5. The summed E-state index contributed by atoms with van der Waals surface area (Å²) in [5, 5.41) is 4.30. The third-order valence-electron chi connectivity index (χ3n) is 3.76. The van der Waals surface area contributed by atoms with Gasteiger partial charge in [0.05, 0.1) is 13.2 Å². The van der Waals surface area contributed by atoms with Crippen molar-refractivity contribution in [3.63, 3.8) is 0 Å². The van der Waals surface area contributed by atoms with Crippen LogP contribution in [0.15, 0.2) is 22.7 Å². The first-order chi connectivity index (χ1) is 9.49.